The van der Waals surface area contributed by atoms with E-state index >= 15 is 0 Å². The second-order valence-corrected chi connectivity index (χ2v) is 5.88. The van der Waals surface area contributed by atoms with E-state index in [-0.39, 0.29) is 12.6 Å². The maximum atomic E-state index is 11.6. The molecule has 0 atom stereocenters. The number of hydrogen-bond acceptors (Lipinski definition) is 4. The molecule has 1 aromatic heterocycles. The van der Waals surface area contributed by atoms with Crippen LogP contribution in [0.3, 0.4) is 0 Å². The number of nitrogens with zero attached hydrogens (tertiary/aromatic N) is 1. The Morgan fingerprint density at radius 2 is 1.54 bits per heavy atom. The van der Waals surface area contributed by atoms with Crippen LogP contribution >= 0.6 is 0 Å². The first-order valence-electron chi connectivity index (χ1n) is 9.44. The fraction of sp³-hybridized carbons (Fsp3) is 0.700. The zero-order valence-electron chi connectivity index (χ0n) is 15.5. The van der Waals surface area contributed by atoms with E-state index in [0.29, 0.717) is 12.2 Å². The van der Waals surface area contributed by atoms with Gasteiger partial charge in [0.15, 0.2) is 0 Å². The van der Waals surface area contributed by atoms with Gasteiger partial charge in [-0.05, 0) is 25.5 Å². The molecule has 0 amide bonds. The van der Waals surface area contributed by atoms with E-state index in [2.05, 4.69) is 11.9 Å². The van der Waals surface area contributed by atoms with Gasteiger partial charge in [0, 0.05) is 19.0 Å². The number of carbonyl (C=O) groups is 1. The molecule has 0 aliphatic rings. The molecule has 0 fully saturated rings. The molecule has 0 spiro atoms. The van der Waals surface area contributed by atoms with Crippen molar-refractivity contribution in [1.82, 2.24) is 4.98 Å². The zero-order valence-corrected chi connectivity index (χ0v) is 15.5. The first kappa shape index (κ1) is 22.6. The predicted octanol–water partition coefficient (Wildman–Crippen LogP) is 5.16. The Hall–Kier alpha value is -1.42. The molecule has 0 aromatic carbocycles. The quantitative estimate of drug-likeness (QED) is 0.423. The average molecular weight is 338 g/mol. The smallest absolute Gasteiger partial charge is 0.339 e. The Balaban J connectivity index is 0.00000163. The van der Waals surface area contributed by atoms with Crippen LogP contribution in [0.1, 0.15) is 88.4 Å². The molecule has 0 saturated carbocycles. The number of aliphatic hydroxyl groups excluding tert-OH is 1. The van der Waals surface area contributed by atoms with Gasteiger partial charge in [-0.1, -0.05) is 64.7 Å². The molecule has 0 bridgehead atoms. The van der Waals surface area contributed by atoms with Crippen molar-refractivity contribution in [3.8, 4) is 0 Å². The maximum absolute atomic E-state index is 11.6. The van der Waals surface area contributed by atoms with E-state index in [4.69, 9.17) is 9.84 Å². The van der Waals surface area contributed by atoms with E-state index in [9.17, 15) is 4.79 Å². The summed E-state index contributed by atoms with van der Waals surface area (Å²) in [5.41, 5.74) is 0.532. The van der Waals surface area contributed by atoms with Crippen molar-refractivity contribution in [2.45, 2.75) is 78.1 Å². The second-order valence-electron chi connectivity index (χ2n) is 5.88. The van der Waals surface area contributed by atoms with Crippen LogP contribution in [0.15, 0.2) is 24.5 Å². The topological polar surface area (TPSA) is 59.4 Å². The minimum Gasteiger partial charge on any atom is -0.462 e. The number of pyridine rings is 1. The van der Waals surface area contributed by atoms with Gasteiger partial charge in [0.05, 0.1) is 12.2 Å². The minimum absolute atomic E-state index is 0.250. The largest absolute Gasteiger partial charge is 0.462 e. The standard InChI is InChI=1S/C18H29NO2.C2H6O/c1-2-3-4-5-6-7-8-9-10-11-15-21-18(20)17-13-12-14-19-16-17;1-2-3/h12-14,16H,2-11,15H2,1H3;3H,2H2,1H3. The molecule has 4 nitrogen and oxygen atoms in total. The Morgan fingerprint density at radius 1 is 1.00 bits per heavy atom. The van der Waals surface area contributed by atoms with Crippen molar-refractivity contribution in [2.75, 3.05) is 13.2 Å². The number of ether oxygens (including phenoxy) is 1. The maximum Gasteiger partial charge on any atom is 0.339 e. The van der Waals surface area contributed by atoms with Gasteiger partial charge in [-0.25, -0.2) is 4.79 Å². The highest BCUT2D eigenvalue weighted by molar-refractivity contribution is 5.88. The fourth-order valence-electron chi connectivity index (χ4n) is 2.32. The predicted molar refractivity (Wildman–Crippen MR) is 99.1 cm³/mol. The molecule has 24 heavy (non-hydrogen) atoms. The zero-order chi connectivity index (χ0) is 17.9. The molecule has 1 N–H and O–H groups in total. The summed E-state index contributed by atoms with van der Waals surface area (Å²) < 4.78 is 5.22. The lowest BCUT2D eigenvalue weighted by molar-refractivity contribution is 0.0497. The third-order valence-corrected chi connectivity index (χ3v) is 3.63. The van der Waals surface area contributed by atoms with Crippen LogP contribution in [0.4, 0.5) is 0 Å². The summed E-state index contributed by atoms with van der Waals surface area (Å²) >= 11 is 0. The molecule has 4 heteroatoms. The van der Waals surface area contributed by atoms with Crippen LogP contribution in [0.5, 0.6) is 0 Å². The Morgan fingerprint density at radius 3 is 2.04 bits per heavy atom. The molecular formula is C20H35NO3. The number of carbonyl (C=O) groups excluding carboxylic acids is 1. The number of aromatic nitrogens is 1. The van der Waals surface area contributed by atoms with Crippen LogP contribution < -0.4 is 0 Å². The van der Waals surface area contributed by atoms with Gasteiger partial charge >= 0.3 is 5.97 Å². The fourth-order valence-corrected chi connectivity index (χ4v) is 2.32. The van der Waals surface area contributed by atoms with Crippen molar-refractivity contribution in [1.29, 1.82) is 0 Å². The number of hydrogen-bond donors (Lipinski definition) is 1. The average Bonchev–Trinajstić information content (AvgIpc) is 2.61. The Kier molecular flexibility index (Phi) is 16.9. The van der Waals surface area contributed by atoms with Gasteiger partial charge in [0.25, 0.3) is 0 Å². The molecule has 0 radical (unpaired) electrons. The Labute approximate surface area is 147 Å². The summed E-state index contributed by atoms with van der Waals surface area (Å²) in [4.78, 5) is 15.6. The normalized spacial score (nSPS) is 9.96. The number of rotatable bonds is 12. The summed E-state index contributed by atoms with van der Waals surface area (Å²) in [7, 11) is 0. The van der Waals surface area contributed by atoms with Crippen molar-refractivity contribution in [3.05, 3.63) is 30.1 Å². The molecule has 1 heterocycles. The van der Waals surface area contributed by atoms with Gasteiger partial charge in [-0.2, -0.15) is 0 Å². The minimum atomic E-state index is -0.265. The third-order valence-electron chi connectivity index (χ3n) is 3.63. The highest BCUT2D eigenvalue weighted by Gasteiger charge is 2.05. The van der Waals surface area contributed by atoms with Gasteiger partial charge in [-0.3, -0.25) is 4.98 Å². The van der Waals surface area contributed by atoms with Crippen LogP contribution in [0.2, 0.25) is 0 Å². The van der Waals surface area contributed by atoms with Gasteiger partial charge < -0.3 is 9.84 Å². The lowest BCUT2D eigenvalue weighted by atomic mass is 10.1. The molecule has 1 rings (SSSR count). The van der Waals surface area contributed by atoms with E-state index in [1.807, 2.05) is 0 Å². The third kappa shape index (κ3) is 14.2. The van der Waals surface area contributed by atoms with Gasteiger partial charge in [0.2, 0.25) is 0 Å². The number of esters is 1. The molecule has 0 aliphatic carbocycles. The van der Waals surface area contributed by atoms with E-state index in [1.54, 1.807) is 31.5 Å². The summed E-state index contributed by atoms with van der Waals surface area (Å²) in [5, 5.41) is 7.57. The van der Waals surface area contributed by atoms with E-state index in [0.717, 1.165) is 12.8 Å². The van der Waals surface area contributed by atoms with Crippen LogP contribution in [-0.2, 0) is 4.74 Å². The number of unbranched alkanes of at least 4 members (excludes halogenated alkanes) is 9. The van der Waals surface area contributed by atoms with Crippen LogP contribution in [0.25, 0.3) is 0 Å². The monoisotopic (exact) mass is 337 g/mol. The molecule has 138 valence electrons. The summed E-state index contributed by atoms with van der Waals surface area (Å²) in [6.07, 6.45) is 16.0. The highest BCUT2D eigenvalue weighted by atomic mass is 16.5. The van der Waals surface area contributed by atoms with Crippen molar-refractivity contribution in [3.63, 3.8) is 0 Å². The van der Waals surface area contributed by atoms with E-state index < -0.39 is 0 Å². The number of aliphatic hydroxyl groups is 1. The van der Waals surface area contributed by atoms with E-state index in [1.165, 1.54) is 51.4 Å². The van der Waals surface area contributed by atoms with Gasteiger partial charge in [0.1, 0.15) is 0 Å². The van der Waals surface area contributed by atoms with Crippen molar-refractivity contribution in [2.24, 2.45) is 0 Å². The molecular weight excluding hydrogens is 302 g/mol. The van der Waals surface area contributed by atoms with Crippen LogP contribution in [0, 0.1) is 0 Å². The van der Waals surface area contributed by atoms with Crippen molar-refractivity contribution >= 4 is 5.97 Å². The SMILES string of the molecule is CCCCCCCCCCCCOC(=O)c1cccnc1.CCO. The lowest BCUT2D eigenvalue weighted by Gasteiger charge is -2.05. The first-order chi connectivity index (χ1) is 11.8. The lowest BCUT2D eigenvalue weighted by Crippen LogP contribution is -2.06. The second kappa shape index (κ2) is 17.9. The van der Waals surface area contributed by atoms with Gasteiger partial charge in [-0.15, -0.1) is 0 Å². The van der Waals surface area contributed by atoms with Crippen LogP contribution in [-0.4, -0.2) is 29.3 Å². The van der Waals surface area contributed by atoms with Crippen molar-refractivity contribution < 1.29 is 14.6 Å². The molecule has 0 saturated heterocycles. The summed E-state index contributed by atoms with van der Waals surface area (Å²) in [6.45, 7) is 4.70. The summed E-state index contributed by atoms with van der Waals surface area (Å²) in [6, 6.07) is 3.48. The molecule has 0 unspecified atom stereocenters. The first-order valence-corrected chi connectivity index (χ1v) is 9.44. The Bertz CT molecular complexity index is 382. The highest BCUT2D eigenvalue weighted by Crippen LogP contribution is 2.10. The molecule has 0 aliphatic heterocycles. The summed E-state index contributed by atoms with van der Waals surface area (Å²) in [5.74, 6) is -0.265. The molecule has 1 aromatic rings.